The third-order valence-electron chi connectivity index (χ3n) is 2.43. The fourth-order valence-electron chi connectivity index (χ4n) is 1.60. The van der Waals surface area contributed by atoms with Crippen molar-refractivity contribution in [1.29, 1.82) is 0 Å². The standard InChI is InChI=1S/C11H10N6S/c1-2-4-11(17-8-12-7-14-17)10(3-1)13-5-9-6-18-16-15-9/h1-4,6-8,13H,5H2. The summed E-state index contributed by atoms with van der Waals surface area (Å²) in [5, 5.41) is 13.4. The van der Waals surface area contributed by atoms with Gasteiger partial charge in [0.25, 0.3) is 0 Å². The number of nitrogens with zero attached hydrogens (tertiary/aromatic N) is 5. The SMILES string of the molecule is c1ccc(-n2cncn2)c(NCc2csnn2)c1. The molecular formula is C11H10N6S. The Labute approximate surface area is 107 Å². The normalized spacial score (nSPS) is 10.4. The molecule has 6 nitrogen and oxygen atoms in total. The van der Waals surface area contributed by atoms with Gasteiger partial charge in [0.1, 0.15) is 12.7 Å². The molecule has 90 valence electrons. The van der Waals surface area contributed by atoms with Crippen molar-refractivity contribution < 1.29 is 0 Å². The minimum atomic E-state index is 0.641. The summed E-state index contributed by atoms with van der Waals surface area (Å²) in [6.07, 6.45) is 3.19. The monoisotopic (exact) mass is 258 g/mol. The predicted molar refractivity (Wildman–Crippen MR) is 68.6 cm³/mol. The minimum Gasteiger partial charge on any atom is -0.378 e. The molecule has 0 aliphatic carbocycles. The Morgan fingerprint density at radius 2 is 2.22 bits per heavy atom. The van der Waals surface area contributed by atoms with Gasteiger partial charge in [-0.3, -0.25) is 0 Å². The van der Waals surface area contributed by atoms with Crippen LogP contribution >= 0.6 is 11.5 Å². The molecule has 0 spiro atoms. The minimum absolute atomic E-state index is 0.641. The van der Waals surface area contributed by atoms with E-state index >= 15 is 0 Å². The summed E-state index contributed by atoms with van der Waals surface area (Å²) in [5.74, 6) is 0. The van der Waals surface area contributed by atoms with Crippen molar-refractivity contribution in [2.45, 2.75) is 6.54 Å². The molecule has 2 heterocycles. The molecule has 3 rings (SSSR count). The van der Waals surface area contributed by atoms with Gasteiger partial charge in [-0.15, -0.1) is 5.10 Å². The molecule has 18 heavy (non-hydrogen) atoms. The molecule has 0 saturated heterocycles. The van der Waals surface area contributed by atoms with E-state index in [-0.39, 0.29) is 0 Å². The van der Waals surface area contributed by atoms with E-state index in [1.54, 1.807) is 11.0 Å². The van der Waals surface area contributed by atoms with Crippen molar-refractivity contribution >= 4 is 17.2 Å². The van der Waals surface area contributed by atoms with Crippen LogP contribution in [0.25, 0.3) is 5.69 Å². The third kappa shape index (κ3) is 2.21. The first-order chi connectivity index (χ1) is 8.93. The van der Waals surface area contributed by atoms with Gasteiger partial charge < -0.3 is 5.32 Å². The Balaban J connectivity index is 1.84. The van der Waals surface area contributed by atoms with Gasteiger partial charge in [0.05, 0.1) is 23.6 Å². The Bertz CT molecular complexity index is 604. The lowest BCUT2D eigenvalue weighted by molar-refractivity contribution is 0.876. The van der Waals surface area contributed by atoms with E-state index in [2.05, 4.69) is 25.0 Å². The molecule has 0 aliphatic rings. The fraction of sp³-hybridized carbons (Fsp3) is 0.0909. The summed E-state index contributed by atoms with van der Waals surface area (Å²) in [5.41, 5.74) is 2.86. The van der Waals surface area contributed by atoms with Gasteiger partial charge in [-0.1, -0.05) is 16.6 Å². The van der Waals surface area contributed by atoms with E-state index in [1.165, 1.54) is 17.9 Å². The van der Waals surface area contributed by atoms with Crippen LogP contribution in [0.1, 0.15) is 5.69 Å². The molecule has 0 saturated carbocycles. The fourth-order valence-corrected chi connectivity index (χ4v) is 2.05. The largest absolute Gasteiger partial charge is 0.378 e. The topological polar surface area (TPSA) is 68.5 Å². The first-order valence-electron chi connectivity index (χ1n) is 5.37. The summed E-state index contributed by atoms with van der Waals surface area (Å²) in [6.45, 7) is 0.641. The molecular weight excluding hydrogens is 248 g/mol. The molecule has 0 amide bonds. The maximum Gasteiger partial charge on any atom is 0.138 e. The van der Waals surface area contributed by atoms with Gasteiger partial charge in [0.15, 0.2) is 0 Å². The van der Waals surface area contributed by atoms with E-state index in [4.69, 9.17) is 0 Å². The van der Waals surface area contributed by atoms with Crippen LogP contribution in [0.2, 0.25) is 0 Å². The summed E-state index contributed by atoms with van der Waals surface area (Å²) in [6, 6.07) is 7.92. The van der Waals surface area contributed by atoms with Gasteiger partial charge in [-0.2, -0.15) is 5.10 Å². The van der Waals surface area contributed by atoms with Crippen molar-refractivity contribution in [2.75, 3.05) is 5.32 Å². The summed E-state index contributed by atoms with van der Waals surface area (Å²) >= 11 is 1.35. The molecule has 3 aromatic rings. The van der Waals surface area contributed by atoms with E-state index in [0.717, 1.165) is 17.1 Å². The van der Waals surface area contributed by atoms with Crippen LogP contribution in [0, 0.1) is 0 Å². The van der Waals surface area contributed by atoms with Gasteiger partial charge >= 0.3 is 0 Å². The smallest absolute Gasteiger partial charge is 0.138 e. The quantitative estimate of drug-likeness (QED) is 0.772. The van der Waals surface area contributed by atoms with Crippen LogP contribution in [-0.2, 0) is 6.54 Å². The molecule has 7 heteroatoms. The van der Waals surface area contributed by atoms with Crippen LogP contribution in [0.4, 0.5) is 5.69 Å². The number of aromatic nitrogens is 5. The Morgan fingerprint density at radius 3 is 3.00 bits per heavy atom. The zero-order chi connectivity index (χ0) is 12.2. The van der Waals surface area contributed by atoms with Gasteiger partial charge in [0, 0.05) is 5.38 Å². The first-order valence-corrected chi connectivity index (χ1v) is 6.21. The van der Waals surface area contributed by atoms with Gasteiger partial charge in [0.2, 0.25) is 0 Å². The van der Waals surface area contributed by atoms with Crippen molar-refractivity contribution in [2.24, 2.45) is 0 Å². The third-order valence-corrected chi connectivity index (χ3v) is 2.99. The summed E-state index contributed by atoms with van der Waals surface area (Å²) in [7, 11) is 0. The Hall–Kier alpha value is -2.28. The van der Waals surface area contributed by atoms with Crippen LogP contribution in [0.5, 0.6) is 0 Å². The number of anilines is 1. The van der Waals surface area contributed by atoms with Crippen molar-refractivity contribution in [3.8, 4) is 5.69 Å². The molecule has 0 aliphatic heterocycles. The van der Waals surface area contributed by atoms with E-state index < -0.39 is 0 Å². The van der Waals surface area contributed by atoms with Crippen LogP contribution < -0.4 is 5.32 Å². The maximum atomic E-state index is 4.13. The molecule has 2 aromatic heterocycles. The van der Waals surface area contributed by atoms with E-state index in [9.17, 15) is 0 Å². The number of para-hydroxylation sites is 2. The number of rotatable bonds is 4. The molecule has 0 bridgehead atoms. The molecule has 0 atom stereocenters. The van der Waals surface area contributed by atoms with Crippen molar-refractivity contribution in [1.82, 2.24) is 24.4 Å². The number of nitrogens with one attached hydrogen (secondary N) is 1. The highest BCUT2D eigenvalue weighted by atomic mass is 32.1. The maximum absolute atomic E-state index is 4.13. The van der Waals surface area contributed by atoms with Crippen LogP contribution in [0.15, 0.2) is 42.3 Å². The molecule has 0 unspecified atom stereocenters. The second-order valence-electron chi connectivity index (χ2n) is 3.61. The second-order valence-corrected chi connectivity index (χ2v) is 4.22. The molecule has 1 aromatic carbocycles. The van der Waals surface area contributed by atoms with Crippen LogP contribution in [-0.4, -0.2) is 24.4 Å². The lowest BCUT2D eigenvalue weighted by atomic mass is 10.2. The molecule has 0 radical (unpaired) electrons. The highest BCUT2D eigenvalue weighted by Gasteiger charge is 2.04. The van der Waals surface area contributed by atoms with E-state index in [1.807, 2.05) is 29.6 Å². The zero-order valence-electron chi connectivity index (χ0n) is 9.39. The Morgan fingerprint density at radius 1 is 1.28 bits per heavy atom. The average Bonchev–Trinajstić information content (AvgIpc) is 3.10. The zero-order valence-corrected chi connectivity index (χ0v) is 10.2. The summed E-state index contributed by atoms with van der Waals surface area (Å²) < 4.78 is 5.55. The number of hydrogen-bond acceptors (Lipinski definition) is 6. The van der Waals surface area contributed by atoms with Gasteiger partial charge in [-0.05, 0) is 23.7 Å². The second kappa shape index (κ2) is 4.92. The lowest BCUT2D eigenvalue weighted by Crippen LogP contribution is -2.05. The predicted octanol–water partition coefficient (Wildman–Crippen LogP) is 1.73. The molecule has 1 N–H and O–H groups in total. The Kier molecular flexibility index (Phi) is 2.97. The average molecular weight is 258 g/mol. The number of benzene rings is 1. The highest BCUT2D eigenvalue weighted by Crippen LogP contribution is 2.19. The summed E-state index contributed by atoms with van der Waals surface area (Å²) in [4.78, 5) is 3.95. The van der Waals surface area contributed by atoms with Crippen molar-refractivity contribution in [3.63, 3.8) is 0 Å². The first kappa shape index (κ1) is 10.8. The number of hydrogen-bond donors (Lipinski definition) is 1. The van der Waals surface area contributed by atoms with Gasteiger partial charge in [-0.25, -0.2) is 9.67 Å². The van der Waals surface area contributed by atoms with E-state index in [0.29, 0.717) is 6.54 Å². The lowest BCUT2D eigenvalue weighted by Gasteiger charge is -2.10. The van der Waals surface area contributed by atoms with Crippen molar-refractivity contribution in [3.05, 3.63) is 48.0 Å². The molecule has 0 fully saturated rings. The highest BCUT2D eigenvalue weighted by molar-refractivity contribution is 7.03. The van der Waals surface area contributed by atoms with Crippen LogP contribution in [0.3, 0.4) is 0 Å².